The lowest BCUT2D eigenvalue weighted by Gasteiger charge is -2.37. The largest absolute Gasteiger partial charge is 0.490 e. The number of aromatic nitrogens is 1. The summed E-state index contributed by atoms with van der Waals surface area (Å²) in [5.41, 5.74) is 19.7. The van der Waals surface area contributed by atoms with Gasteiger partial charge in [0.05, 0.1) is 5.02 Å². The van der Waals surface area contributed by atoms with Gasteiger partial charge in [0.25, 0.3) is 0 Å². The number of carboxylic acids is 1. The molecule has 58 heavy (non-hydrogen) atoms. The molecule has 0 radical (unpaired) electrons. The maximum atomic E-state index is 13.8. The minimum Gasteiger partial charge on any atom is -0.487 e. The number of carbonyl (C=O) groups excluding carboxylic acids is 2. The average molecular weight is 878 g/mol. The molecule has 2 heterocycles. The van der Waals surface area contributed by atoms with E-state index in [0.29, 0.717) is 50.2 Å². The number of piperazine rings is 1. The van der Waals surface area contributed by atoms with Gasteiger partial charge < -0.3 is 36.8 Å². The first kappa shape index (κ1) is 47.9. The molecule has 0 aliphatic carbocycles. The number of nitrogens with two attached hydrogens (primary N) is 3. The van der Waals surface area contributed by atoms with Gasteiger partial charge in [0.2, 0.25) is 21.8 Å². The van der Waals surface area contributed by atoms with E-state index in [1.54, 1.807) is 15.9 Å². The summed E-state index contributed by atoms with van der Waals surface area (Å²) in [5.74, 6) is -2.70. The van der Waals surface area contributed by atoms with Crippen molar-refractivity contribution in [3.8, 4) is 5.75 Å². The van der Waals surface area contributed by atoms with Gasteiger partial charge in [-0.05, 0) is 62.9 Å². The zero-order chi connectivity index (χ0) is 43.4. The summed E-state index contributed by atoms with van der Waals surface area (Å²) in [5, 5.41) is 8.19. The molecule has 0 saturated carbocycles. The van der Waals surface area contributed by atoms with Crippen molar-refractivity contribution in [1.29, 1.82) is 0 Å². The minimum atomic E-state index is -5.08. The van der Waals surface area contributed by atoms with Crippen LogP contribution in [0.25, 0.3) is 10.9 Å². The summed E-state index contributed by atoms with van der Waals surface area (Å²) in [6, 6.07) is 8.98. The molecule has 0 spiro atoms. The quantitative estimate of drug-likeness (QED) is 0.0755. The molecule has 8 N–H and O–H groups in total. The molecule has 2 aromatic carbocycles. The molecular weight excluding hydrogens is 828 g/mol. The van der Waals surface area contributed by atoms with Crippen LogP contribution in [-0.4, -0.2) is 103 Å². The predicted octanol–water partition coefficient (Wildman–Crippen LogP) is 4.65. The molecule has 4 rings (SSSR count). The number of nitrogens with zero attached hydrogens (tertiary/aromatic N) is 4. The highest BCUT2D eigenvalue weighted by Crippen LogP contribution is 2.34. The van der Waals surface area contributed by atoms with Crippen molar-refractivity contribution in [2.45, 2.75) is 89.1 Å². The highest BCUT2D eigenvalue weighted by molar-refractivity contribution is 7.89. The Balaban J connectivity index is 0.00000117. The first-order valence-electron chi connectivity index (χ1n) is 18.3. The zero-order valence-electron chi connectivity index (χ0n) is 32.3. The molecule has 1 fully saturated rings. The van der Waals surface area contributed by atoms with Crippen molar-refractivity contribution >= 4 is 67.9 Å². The molecular formula is C37H49Cl2F3N8O7S. The van der Waals surface area contributed by atoms with Crippen molar-refractivity contribution in [2.75, 3.05) is 32.7 Å². The number of sulfonamides is 1. The molecule has 2 atom stereocenters. The van der Waals surface area contributed by atoms with Crippen molar-refractivity contribution in [3.05, 3.63) is 63.3 Å². The number of carboxylic acid groups (broad SMARTS) is 1. The highest BCUT2D eigenvalue weighted by Gasteiger charge is 2.38. The second-order valence-electron chi connectivity index (χ2n) is 13.6. The van der Waals surface area contributed by atoms with Gasteiger partial charge in [0.1, 0.15) is 28.8 Å². The van der Waals surface area contributed by atoms with E-state index < -0.39 is 28.2 Å². The van der Waals surface area contributed by atoms with E-state index in [1.165, 1.54) is 12.1 Å². The number of aryl methyl sites for hydroxylation is 2. The third-order valence-electron chi connectivity index (χ3n) is 9.04. The summed E-state index contributed by atoms with van der Waals surface area (Å²) in [6.45, 7) is 7.35. The van der Waals surface area contributed by atoms with E-state index in [9.17, 15) is 31.2 Å². The predicted molar refractivity (Wildman–Crippen MR) is 215 cm³/mol. The second kappa shape index (κ2) is 21.5. The Hall–Kier alpha value is -4.43. The van der Waals surface area contributed by atoms with Gasteiger partial charge >= 0.3 is 12.1 Å². The number of amides is 2. The van der Waals surface area contributed by atoms with E-state index in [2.05, 4.69) is 14.7 Å². The number of hydrogen-bond donors (Lipinski definition) is 5. The van der Waals surface area contributed by atoms with E-state index >= 15 is 0 Å². The van der Waals surface area contributed by atoms with Crippen LogP contribution in [-0.2, 0) is 31.0 Å². The highest BCUT2D eigenvalue weighted by atomic mass is 35.5. The Morgan fingerprint density at radius 3 is 2.28 bits per heavy atom. The normalized spacial score (nSPS) is 14.3. The van der Waals surface area contributed by atoms with Gasteiger partial charge in [0, 0.05) is 66.9 Å². The average Bonchev–Trinajstić information content (AvgIpc) is 3.14. The number of guanidine groups is 1. The zero-order valence-corrected chi connectivity index (χ0v) is 34.6. The molecule has 1 aliphatic heterocycles. The van der Waals surface area contributed by atoms with E-state index in [1.807, 2.05) is 39.0 Å². The molecule has 1 aliphatic rings. The minimum absolute atomic E-state index is 0.0153. The van der Waals surface area contributed by atoms with Crippen LogP contribution in [0.4, 0.5) is 13.2 Å². The number of halogens is 5. The Labute approximate surface area is 345 Å². The van der Waals surface area contributed by atoms with E-state index in [-0.39, 0.29) is 76.9 Å². The molecule has 320 valence electrons. The number of nitrogens with one attached hydrogen (secondary N) is 1. The maximum Gasteiger partial charge on any atom is 0.490 e. The van der Waals surface area contributed by atoms with Crippen molar-refractivity contribution in [2.24, 2.45) is 22.2 Å². The fraction of sp³-hybridized carbons (Fsp3) is 0.486. The number of alkyl halides is 3. The number of benzene rings is 2. The first-order valence-corrected chi connectivity index (χ1v) is 20.6. The summed E-state index contributed by atoms with van der Waals surface area (Å²) in [4.78, 5) is 47.2. The molecule has 1 saturated heterocycles. The summed E-state index contributed by atoms with van der Waals surface area (Å²) >= 11 is 13.2. The van der Waals surface area contributed by atoms with E-state index in [0.717, 1.165) is 23.1 Å². The summed E-state index contributed by atoms with van der Waals surface area (Å²) in [6.07, 6.45) is -2.01. The number of fused-ring (bicyclic) bond motifs is 1. The first-order chi connectivity index (χ1) is 27.2. The number of ether oxygens (including phenoxy) is 1. The number of para-hydroxylation sites is 1. The third kappa shape index (κ3) is 13.9. The van der Waals surface area contributed by atoms with Crippen LogP contribution < -0.4 is 26.7 Å². The number of carbonyl (C=O) groups is 3. The van der Waals surface area contributed by atoms with Crippen LogP contribution in [0.2, 0.25) is 10.0 Å². The Bertz CT molecular complexity index is 2060. The van der Waals surface area contributed by atoms with Crippen molar-refractivity contribution < 1.29 is 45.8 Å². The molecule has 21 heteroatoms. The van der Waals surface area contributed by atoms with Crippen LogP contribution >= 0.6 is 23.2 Å². The van der Waals surface area contributed by atoms with Gasteiger partial charge in [-0.25, -0.2) is 18.2 Å². The summed E-state index contributed by atoms with van der Waals surface area (Å²) in [7, 11) is -4.28. The smallest absolute Gasteiger partial charge is 0.487 e. The number of rotatable bonds is 16. The van der Waals surface area contributed by atoms with Crippen molar-refractivity contribution in [1.82, 2.24) is 19.5 Å². The van der Waals surface area contributed by atoms with Crippen molar-refractivity contribution in [3.63, 3.8) is 0 Å². The molecule has 0 bridgehead atoms. The van der Waals surface area contributed by atoms with Gasteiger partial charge in [-0.1, -0.05) is 55.1 Å². The molecule has 15 nitrogen and oxygen atoms in total. The van der Waals surface area contributed by atoms with Crippen LogP contribution in [0.15, 0.2) is 46.3 Å². The Morgan fingerprint density at radius 1 is 1.03 bits per heavy atom. The third-order valence-corrected chi connectivity index (χ3v) is 11.5. The fourth-order valence-corrected chi connectivity index (χ4v) is 8.15. The van der Waals surface area contributed by atoms with Gasteiger partial charge in [-0.3, -0.25) is 14.6 Å². The topological polar surface area (TPSA) is 237 Å². The van der Waals surface area contributed by atoms with Gasteiger partial charge in [-0.2, -0.15) is 17.9 Å². The van der Waals surface area contributed by atoms with Gasteiger partial charge in [0.15, 0.2) is 5.96 Å². The number of unbranched alkanes of at least 4 members (excludes halogenated alkanes) is 1. The summed E-state index contributed by atoms with van der Waals surface area (Å²) < 4.78 is 68.1. The lowest BCUT2D eigenvalue weighted by molar-refractivity contribution is -0.192. The maximum absolute atomic E-state index is 13.8. The SMILES string of the molecule is CCCC[C@H](NS(=O)(=O)c1ccc(Cl)c(COc2cccc3c(C)cc(C)nc23)c1Cl)C(=O)N1CCN(C(=O)C[C@@H](N)CCCN=C(N)N)CC1.O=C(O)C(F)(F)F. The van der Waals surface area contributed by atoms with Crippen LogP contribution in [0.1, 0.15) is 62.3 Å². The molecule has 3 aromatic rings. The lowest BCUT2D eigenvalue weighted by atomic mass is 10.1. The monoisotopic (exact) mass is 876 g/mol. The number of hydrogen-bond acceptors (Lipinski definition) is 9. The van der Waals surface area contributed by atoms with E-state index in [4.69, 9.17) is 55.0 Å². The Morgan fingerprint density at radius 2 is 1.67 bits per heavy atom. The number of pyridine rings is 1. The fourth-order valence-electron chi connectivity index (χ4n) is 6.04. The van der Waals surface area contributed by atoms with Crippen LogP contribution in [0, 0.1) is 13.8 Å². The van der Waals surface area contributed by atoms with Crippen LogP contribution in [0.3, 0.4) is 0 Å². The standard InChI is InChI=1S/C35H48Cl2N8O5S.C2HF3O2/c1-4-5-10-28(34(47)45-17-15-44(16-18-45)31(46)20-24(38)8-7-14-41-35(39)40)43-51(48,49)30-13-12-27(36)26(32(30)37)21-50-29-11-6-9-25-22(2)19-23(3)42-33(25)29;3-2(4,5)1(6)7/h6,9,11-13,19,24,28,43H,4-5,7-8,10,14-18,20-21,38H2,1-3H3,(H4,39,40,41);(H,6,7)/t24-,28-;/m0./s1. The number of aliphatic imine (C=N–C) groups is 1. The lowest BCUT2D eigenvalue weighted by Crippen LogP contribution is -2.56. The van der Waals surface area contributed by atoms with Crippen LogP contribution in [0.5, 0.6) is 5.75 Å². The number of aliphatic carboxylic acids is 1. The van der Waals surface area contributed by atoms with Gasteiger partial charge in [-0.15, -0.1) is 0 Å². The Kier molecular flexibility index (Phi) is 17.8. The second-order valence-corrected chi connectivity index (χ2v) is 16.1. The molecule has 0 unspecified atom stereocenters. The molecule has 2 amide bonds. The molecule has 1 aromatic heterocycles.